The molecule has 1 saturated heterocycles. The van der Waals surface area contributed by atoms with E-state index in [4.69, 9.17) is 4.74 Å². The van der Waals surface area contributed by atoms with E-state index in [9.17, 15) is 26.7 Å². The van der Waals surface area contributed by atoms with Crippen molar-refractivity contribution in [1.82, 2.24) is 14.5 Å². The van der Waals surface area contributed by atoms with E-state index >= 15 is 0 Å². The van der Waals surface area contributed by atoms with Gasteiger partial charge in [-0.25, -0.2) is 21.6 Å². The maximum Gasteiger partial charge on any atom is 0.353 e. The van der Waals surface area contributed by atoms with Crippen molar-refractivity contribution in [2.24, 2.45) is 0 Å². The van der Waals surface area contributed by atoms with Crippen molar-refractivity contribution in [3.05, 3.63) is 36.2 Å². The molecule has 1 aliphatic heterocycles. The number of aliphatic carboxylic acids is 1. The minimum atomic E-state index is -3.72. The van der Waals surface area contributed by atoms with Gasteiger partial charge < -0.3 is 20.1 Å². The quantitative estimate of drug-likeness (QED) is 0.374. The molecule has 0 radical (unpaired) electrons. The highest BCUT2D eigenvalue weighted by Gasteiger charge is 2.27. The zero-order valence-electron chi connectivity index (χ0n) is 17.2. The minimum absolute atomic E-state index is 0.0565. The number of rotatable bonds is 9. The van der Waals surface area contributed by atoms with E-state index < -0.39 is 31.7 Å². The molecule has 0 aromatic heterocycles. The Bertz CT molecular complexity index is 1080. The molecule has 0 bridgehead atoms. The second-order valence-corrected chi connectivity index (χ2v) is 10.6. The summed E-state index contributed by atoms with van der Waals surface area (Å²) in [6.45, 7) is 2.56. The van der Waals surface area contributed by atoms with Crippen molar-refractivity contribution in [2.45, 2.75) is 11.8 Å². The average Bonchev–Trinajstić information content (AvgIpc) is 2.71. The van der Waals surface area contributed by atoms with E-state index in [1.165, 1.54) is 33.5 Å². The van der Waals surface area contributed by atoms with Crippen LogP contribution in [0.2, 0.25) is 0 Å². The molecule has 1 aromatic rings. The van der Waals surface area contributed by atoms with Crippen LogP contribution in [0.1, 0.15) is 6.92 Å². The topological polar surface area (TPSA) is 133 Å². The predicted molar refractivity (Wildman–Crippen MR) is 114 cm³/mol. The molecule has 2 rings (SSSR count). The fourth-order valence-corrected chi connectivity index (χ4v) is 4.66. The molecular weight excluding hydrogens is 446 g/mol. The van der Waals surface area contributed by atoms with Gasteiger partial charge in [-0.15, -0.1) is 5.92 Å². The molecule has 31 heavy (non-hydrogen) atoms. The lowest BCUT2D eigenvalue weighted by molar-refractivity contribution is -0.134. The number of nitrogens with one attached hydrogen (secondary N) is 1. The summed E-state index contributed by atoms with van der Waals surface area (Å²) in [5.41, 5.74) is -0.135. The molecule has 1 aromatic carbocycles. The fourth-order valence-electron chi connectivity index (χ4n) is 2.82. The maximum absolute atomic E-state index is 12.5. The van der Waals surface area contributed by atoms with Crippen molar-refractivity contribution < 1.29 is 31.5 Å². The molecule has 10 nitrogen and oxygen atoms in total. The van der Waals surface area contributed by atoms with Crippen LogP contribution in [0, 0.1) is 11.8 Å². The predicted octanol–water partition coefficient (Wildman–Crippen LogP) is -0.0873. The molecule has 0 aliphatic carbocycles. The molecule has 0 amide bonds. The lowest BCUT2D eigenvalue weighted by atomic mass is 10.3. The summed E-state index contributed by atoms with van der Waals surface area (Å²) in [5, 5.41) is 12.0. The van der Waals surface area contributed by atoms with Gasteiger partial charge in [0.2, 0.25) is 10.0 Å². The lowest BCUT2D eigenvalue weighted by Gasteiger charge is -2.34. The molecular formula is C19H25N3O7S2. The van der Waals surface area contributed by atoms with Crippen molar-refractivity contribution in [1.29, 1.82) is 0 Å². The zero-order chi connectivity index (χ0) is 23.1. The van der Waals surface area contributed by atoms with E-state index in [0.29, 0.717) is 5.75 Å². The molecule has 1 fully saturated rings. The Labute approximate surface area is 182 Å². The first-order valence-electron chi connectivity index (χ1n) is 9.27. The van der Waals surface area contributed by atoms with E-state index in [0.717, 1.165) is 12.5 Å². The maximum atomic E-state index is 12.5. The first kappa shape index (κ1) is 24.5. The zero-order valence-corrected chi connectivity index (χ0v) is 18.9. The molecule has 2 N–H and O–H groups in total. The third kappa shape index (κ3) is 7.16. The monoisotopic (exact) mass is 471 g/mol. The fraction of sp³-hybridized carbons (Fsp3) is 0.421. The molecule has 170 valence electrons. The van der Waals surface area contributed by atoms with Crippen LogP contribution in [0.25, 0.3) is 0 Å². The van der Waals surface area contributed by atoms with E-state index in [1.54, 1.807) is 6.92 Å². The highest BCUT2D eigenvalue weighted by molar-refractivity contribution is 7.91. The highest BCUT2D eigenvalue weighted by Crippen LogP contribution is 2.17. The second-order valence-electron chi connectivity index (χ2n) is 6.63. The Hall–Kier alpha value is -2.75. The molecule has 12 heteroatoms. The van der Waals surface area contributed by atoms with Crippen LogP contribution in [0.4, 0.5) is 0 Å². The Morgan fingerprint density at radius 1 is 1.16 bits per heavy atom. The number of hydrogen-bond donors (Lipinski definition) is 2. The van der Waals surface area contributed by atoms with Crippen LogP contribution < -0.4 is 10.1 Å². The number of sulfonamides is 1. The smallest absolute Gasteiger partial charge is 0.353 e. The SMILES string of the molecule is CC#CCOc1ccc(S(=O)(=O)CN/C=C(/C(=O)O)N2CCN(S(C)(=O)=O)CC2)cc1. The molecule has 1 heterocycles. The van der Waals surface area contributed by atoms with Gasteiger partial charge in [0.25, 0.3) is 0 Å². The third-order valence-electron chi connectivity index (χ3n) is 4.45. The van der Waals surface area contributed by atoms with E-state index in [1.807, 2.05) is 0 Å². The Morgan fingerprint density at radius 2 is 1.77 bits per heavy atom. The summed E-state index contributed by atoms with van der Waals surface area (Å²) in [6.07, 6.45) is 2.22. The standard InChI is InChI=1S/C19H25N3O7S2/c1-3-4-13-29-16-5-7-17(8-6-16)31(27,28)15-20-14-18(19(23)24)21-9-11-22(12-10-21)30(2,25)26/h5-8,14,20H,9-13,15H2,1-2H3,(H,23,24)/b18-14-. The summed E-state index contributed by atoms with van der Waals surface area (Å²) in [7, 11) is -7.06. The first-order chi connectivity index (χ1) is 14.5. The van der Waals surface area contributed by atoms with Crippen molar-refractivity contribution in [2.75, 3.05) is 44.9 Å². The van der Waals surface area contributed by atoms with Gasteiger partial charge in [0.05, 0.1) is 11.2 Å². The van der Waals surface area contributed by atoms with Crippen molar-refractivity contribution in [3.8, 4) is 17.6 Å². The van der Waals surface area contributed by atoms with Gasteiger partial charge in [-0.05, 0) is 31.2 Å². The lowest BCUT2D eigenvalue weighted by Crippen LogP contribution is -2.49. The summed E-state index contributed by atoms with van der Waals surface area (Å²) >= 11 is 0. The average molecular weight is 472 g/mol. The Morgan fingerprint density at radius 3 is 2.29 bits per heavy atom. The summed E-state index contributed by atoms with van der Waals surface area (Å²) in [5.74, 6) is 4.16. The van der Waals surface area contributed by atoms with Crippen LogP contribution in [-0.4, -0.2) is 82.0 Å². The minimum Gasteiger partial charge on any atom is -0.481 e. The van der Waals surface area contributed by atoms with Gasteiger partial charge in [-0.2, -0.15) is 4.31 Å². The number of piperazine rings is 1. The van der Waals surface area contributed by atoms with Crippen LogP contribution in [-0.2, 0) is 24.7 Å². The van der Waals surface area contributed by atoms with Gasteiger partial charge in [0, 0.05) is 32.4 Å². The number of carboxylic acid groups (broad SMARTS) is 1. The number of carbonyl (C=O) groups is 1. The van der Waals surface area contributed by atoms with Gasteiger partial charge in [-0.1, -0.05) is 5.92 Å². The van der Waals surface area contributed by atoms with Gasteiger partial charge in [-0.3, -0.25) is 0 Å². The molecule has 0 saturated carbocycles. The second kappa shape index (κ2) is 10.5. The molecule has 0 atom stereocenters. The number of hydrogen-bond acceptors (Lipinski definition) is 8. The van der Waals surface area contributed by atoms with Crippen molar-refractivity contribution >= 4 is 25.8 Å². The number of benzene rings is 1. The van der Waals surface area contributed by atoms with Gasteiger partial charge >= 0.3 is 5.97 Å². The summed E-state index contributed by atoms with van der Waals surface area (Å²) < 4.78 is 54.8. The van der Waals surface area contributed by atoms with E-state index in [-0.39, 0.29) is 43.4 Å². The summed E-state index contributed by atoms with van der Waals surface area (Å²) in [6, 6.07) is 5.84. The van der Waals surface area contributed by atoms with Crippen LogP contribution in [0.5, 0.6) is 5.75 Å². The highest BCUT2D eigenvalue weighted by atomic mass is 32.2. The van der Waals surface area contributed by atoms with Crippen LogP contribution >= 0.6 is 0 Å². The third-order valence-corrected chi connectivity index (χ3v) is 7.29. The molecule has 1 aliphatic rings. The van der Waals surface area contributed by atoms with E-state index in [2.05, 4.69) is 17.2 Å². The number of ether oxygens (including phenoxy) is 1. The van der Waals surface area contributed by atoms with Gasteiger partial charge in [0.1, 0.15) is 23.9 Å². The summed E-state index contributed by atoms with van der Waals surface area (Å²) in [4.78, 5) is 13.1. The molecule has 0 unspecified atom stereocenters. The number of carboxylic acids is 1. The largest absolute Gasteiger partial charge is 0.481 e. The Balaban J connectivity index is 2.00. The first-order valence-corrected chi connectivity index (χ1v) is 12.8. The van der Waals surface area contributed by atoms with Crippen molar-refractivity contribution in [3.63, 3.8) is 0 Å². The Kier molecular flexibility index (Phi) is 8.32. The normalized spacial score (nSPS) is 15.7. The number of nitrogens with zero attached hydrogens (tertiary/aromatic N) is 2. The number of sulfone groups is 1. The van der Waals surface area contributed by atoms with Crippen LogP contribution in [0.3, 0.4) is 0 Å². The van der Waals surface area contributed by atoms with Gasteiger partial charge in [0.15, 0.2) is 9.84 Å². The molecule has 0 spiro atoms. The van der Waals surface area contributed by atoms with Crippen LogP contribution in [0.15, 0.2) is 41.1 Å².